The van der Waals surface area contributed by atoms with Crippen LogP contribution in [0.5, 0.6) is 0 Å². The zero-order valence-corrected chi connectivity index (χ0v) is 13.8. The van der Waals surface area contributed by atoms with Crippen LogP contribution in [0.25, 0.3) is 0 Å². The summed E-state index contributed by atoms with van der Waals surface area (Å²) in [5.74, 6) is 0.379. The molecule has 1 atom stereocenters. The number of piperidine rings is 1. The SMILES string of the molecule is CC[C@@H](C(=O)N1CCC(C(=O)N(C)C)CC1)c1ccccc1. The summed E-state index contributed by atoms with van der Waals surface area (Å²) in [5.41, 5.74) is 1.08. The molecule has 4 nitrogen and oxygen atoms in total. The Hall–Kier alpha value is -1.84. The molecular weight excluding hydrogens is 276 g/mol. The van der Waals surface area contributed by atoms with E-state index in [1.165, 1.54) is 0 Å². The molecule has 0 N–H and O–H groups in total. The van der Waals surface area contributed by atoms with Gasteiger partial charge < -0.3 is 9.80 Å². The smallest absolute Gasteiger partial charge is 0.230 e. The van der Waals surface area contributed by atoms with Crippen LogP contribution in [-0.4, -0.2) is 48.8 Å². The molecule has 22 heavy (non-hydrogen) atoms. The number of likely N-dealkylation sites (tertiary alicyclic amines) is 1. The largest absolute Gasteiger partial charge is 0.349 e. The Balaban J connectivity index is 1.98. The highest BCUT2D eigenvalue weighted by atomic mass is 16.2. The van der Waals surface area contributed by atoms with E-state index in [0.717, 1.165) is 24.8 Å². The fourth-order valence-electron chi connectivity index (χ4n) is 3.17. The van der Waals surface area contributed by atoms with Gasteiger partial charge in [0.2, 0.25) is 11.8 Å². The maximum atomic E-state index is 12.8. The number of carbonyl (C=O) groups excluding carboxylic acids is 2. The molecule has 1 aliphatic rings. The minimum atomic E-state index is -0.0673. The fraction of sp³-hybridized carbons (Fsp3) is 0.556. The van der Waals surface area contributed by atoms with Crippen molar-refractivity contribution in [3.63, 3.8) is 0 Å². The van der Waals surface area contributed by atoms with E-state index in [9.17, 15) is 9.59 Å². The molecule has 0 unspecified atom stereocenters. The van der Waals surface area contributed by atoms with Gasteiger partial charge in [-0.05, 0) is 24.8 Å². The van der Waals surface area contributed by atoms with Crippen LogP contribution in [0.2, 0.25) is 0 Å². The molecule has 1 aliphatic heterocycles. The van der Waals surface area contributed by atoms with E-state index >= 15 is 0 Å². The minimum Gasteiger partial charge on any atom is -0.349 e. The van der Waals surface area contributed by atoms with E-state index < -0.39 is 0 Å². The van der Waals surface area contributed by atoms with Crippen LogP contribution in [0.3, 0.4) is 0 Å². The predicted molar refractivity (Wildman–Crippen MR) is 87.5 cm³/mol. The Morgan fingerprint density at radius 1 is 1.18 bits per heavy atom. The number of carbonyl (C=O) groups is 2. The van der Waals surface area contributed by atoms with Crippen molar-refractivity contribution in [1.82, 2.24) is 9.80 Å². The quantitative estimate of drug-likeness (QED) is 0.857. The number of hydrogen-bond acceptors (Lipinski definition) is 2. The highest BCUT2D eigenvalue weighted by molar-refractivity contribution is 5.84. The Morgan fingerprint density at radius 3 is 2.27 bits per heavy atom. The number of benzene rings is 1. The molecule has 2 rings (SSSR count). The number of hydrogen-bond donors (Lipinski definition) is 0. The normalized spacial score (nSPS) is 17.1. The third-order valence-corrected chi connectivity index (χ3v) is 4.50. The lowest BCUT2D eigenvalue weighted by Gasteiger charge is -2.34. The topological polar surface area (TPSA) is 40.6 Å². The van der Waals surface area contributed by atoms with Gasteiger partial charge in [-0.15, -0.1) is 0 Å². The van der Waals surface area contributed by atoms with Crippen LogP contribution in [-0.2, 0) is 9.59 Å². The molecule has 2 amide bonds. The van der Waals surface area contributed by atoms with Crippen molar-refractivity contribution < 1.29 is 9.59 Å². The summed E-state index contributed by atoms with van der Waals surface area (Å²) < 4.78 is 0. The van der Waals surface area contributed by atoms with Crippen LogP contribution >= 0.6 is 0 Å². The molecule has 0 aliphatic carbocycles. The molecular formula is C18H26N2O2. The van der Waals surface area contributed by atoms with E-state index in [0.29, 0.717) is 13.1 Å². The highest BCUT2D eigenvalue weighted by Crippen LogP contribution is 2.26. The first-order valence-corrected chi connectivity index (χ1v) is 8.09. The molecule has 0 saturated carbocycles. The van der Waals surface area contributed by atoms with Crippen LogP contribution < -0.4 is 0 Å². The molecule has 0 bridgehead atoms. The van der Waals surface area contributed by atoms with Crippen molar-refractivity contribution in [2.24, 2.45) is 5.92 Å². The third-order valence-electron chi connectivity index (χ3n) is 4.50. The Labute approximate surface area is 133 Å². The number of rotatable bonds is 4. The monoisotopic (exact) mass is 302 g/mol. The Morgan fingerprint density at radius 2 is 1.77 bits per heavy atom. The van der Waals surface area contributed by atoms with Crippen LogP contribution in [0, 0.1) is 5.92 Å². The molecule has 0 aromatic heterocycles. The highest BCUT2D eigenvalue weighted by Gasteiger charge is 2.31. The van der Waals surface area contributed by atoms with Gasteiger partial charge in [0.05, 0.1) is 5.92 Å². The van der Waals surface area contributed by atoms with Crippen molar-refractivity contribution >= 4 is 11.8 Å². The molecule has 1 aromatic carbocycles. The van der Waals surface area contributed by atoms with Gasteiger partial charge in [-0.25, -0.2) is 0 Å². The van der Waals surface area contributed by atoms with Crippen molar-refractivity contribution in [3.05, 3.63) is 35.9 Å². The maximum Gasteiger partial charge on any atom is 0.230 e. The first-order valence-electron chi connectivity index (χ1n) is 8.09. The van der Waals surface area contributed by atoms with Gasteiger partial charge in [-0.1, -0.05) is 37.3 Å². The second kappa shape index (κ2) is 7.43. The second-order valence-corrected chi connectivity index (χ2v) is 6.20. The van der Waals surface area contributed by atoms with Gasteiger partial charge in [0.1, 0.15) is 0 Å². The van der Waals surface area contributed by atoms with E-state index in [2.05, 4.69) is 6.92 Å². The van der Waals surface area contributed by atoms with Gasteiger partial charge in [-0.3, -0.25) is 9.59 Å². The van der Waals surface area contributed by atoms with Crippen LogP contribution in [0.1, 0.15) is 37.7 Å². The van der Waals surface area contributed by atoms with Crippen molar-refractivity contribution in [2.45, 2.75) is 32.1 Å². The summed E-state index contributed by atoms with van der Waals surface area (Å²) in [6, 6.07) is 9.97. The second-order valence-electron chi connectivity index (χ2n) is 6.20. The van der Waals surface area contributed by atoms with E-state index in [1.807, 2.05) is 35.2 Å². The Kier molecular flexibility index (Phi) is 5.58. The summed E-state index contributed by atoms with van der Waals surface area (Å²) in [4.78, 5) is 28.4. The molecule has 1 fully saturated rings. The Bertz CT molecular complexity index is 505. The van der Waals surface area contributed by atoms with Crippen LogP contribution in [0.4, 0.5) is 0 Å². The first-order chi connectivity index (χ1) is 10.5. The van der Waals surface area contributed by atoms with Gasteiger partial charge in [0, 0.05) is 33.1 Å². The molecule has 1 saturated heterocycles. The first kappa shape index (κ1) is 16.5. The standard InChI is InChI=1S/C18H26N2O2/c1-4-16(14-8-6-5-7-9-14)18(22)20-12-10-15(11-13-20)17(21)19(2)3/h5-9,15-16H,4,10-13H2,1-3H3/t16-/m1/s1. The average Bonchev–Trinajstić information content (AvgIpc) is 2.56. The van der Waals surface area contributed by atoms with Crippen molar-refractivity contribution in [2.75, 3.05) is 27.2 Å². The fourth-order valence-corrected chi connectivity index (χ4v) is 3.17. The summed E-state index contributed by atoms with van der Waals surface area (Å²) in [6.45, 7) is 3.43. The summed E-state index contributed by atoms with van der Waals surface area (Å²) >= 11 is 0. The van der Waals surface area contributed by atoms with E-state index in [1.54, 1.807) is 19.0 Å². The van der Waals surface area contributed by atoms with Gasteiger partial charge in [0.25, 0.3) is 0 Å². The van der Waals surface area contributed by atoms with Crippen LogP contribution in [0.15, 0.2) is 30.3 Å². The van der Waals surface area contributed by atoms with Crippen molar-refractivity contribution in [3.8, 4) is 0 Å². The molecule has 1 heterocycles. The van der Waals surface area contributed by atoms with Gasteiger partial charge in [-0.2, -0.15) is 0 Å². The van der Waals surface area contributed by atoms with Crippen molar-refractivity contribution in [1.29, 1.82) is 0 Å². The molecule has 1 aromatic rings. The number of nitrogens with zero attached hydrogens (tertiary/aromatic N) is 2. The lowest BCUT2D eigenvalue weighted by atomic mass is 9.91. The molecule has 120 valence electrons. The van der Waals surface area contributed by atoms with E-state index in [4.69, 9.17) is 0 Å². The molecule has 0 radical (unpaired) electrons. The third kappa shape index (κ3) is 3.67. The lowest BCUT2D eigenvalue weighted by Crippen LogP contribution is -2.44. The van der Waals surface area contributed by atoms with E-state index in [-0.39, 0.29) is 23.7 Å². The summed E-state index contributed by atoms with van der Waals surface area (Å²) in [5, 5.41) is 0. The minimum absolute atomic E-state index is 0.0656. The maximum absolute atomic E-state index is 12.8. The average molecular weight is 302 g/mol. The zero-order chi connectivity index (χ0) is 16.1. The van der Waals surface area contributed by atoms with Gasteiger partial charge in [0.15, 0.2) is 0 Å². The summed E-state index contributed by atoms with van der Waals surface area (Å²) in [6.07, 6.45) is 2.35. The zero-order valence-electron chi connectivity index (χ0n) is 13.8. The summed E-state index contributed by atoms with van der Waals surface area (Å²) in [7, 11) is 3.59. The molecule has 4 heteroatoms. The predicted octanol–water partition coefficient (Wildman–Crippen LogP) is 2.51. The lowest BCUT2D eigenvalue weighted by molar-refractivity contribution is -0.139. The molecule has 0 spiro atoms. The number of amides is 2. The van der Waals surface area contributed by atoms with Gasteiger partial charge >= 0.3 is 0 Å².